The van der Waals surface area contributed by atoms with Gasteiger partial charge in [-0.25, -0.2) is 0 Å². The second-order valence-electron chi connectivity index (χ2n) is 5.14. The molecule has 1 rings (SSSR count). The molecular weight excluding hydrogens is 216 g/mol. The van der Waals surface area contributed by atoms with Crippen LogP contribution < -0.4 is 5.73 Å². The van der Waals surface area contributed by atoms with E-state index in [4.69, 9.17) is 10.5 Å². The highest BCUT2D eigenvalue weighted by Gasteiger charge is 2.29. The van der Waals surface area contributed by atoms with Gasteiger partial charge in [0.2, 0.25) is 0 Å². The minimum Gasteiger partial charge on any atom is -0.465 e. The summed E-state index contributed by atoms with van der Waals surface area (Å²) >= 11 is 0. The van der Waals surface area contributed by atoms with Crippen LogP contribution in [0, 0.1) is 0 Å². The monoisotopic (exact) mass is 242 g/mol. The molecule has 100 valence electrons. The molecule has 0 aromatic rings. The molecule has 1 saturated heterocycles. The van der Waals surface area contributed by atoms with Gasteiger partial charge in [0, 0.05) is 0 Å². The van der Waals surface area contributed by atoms with Crippen LogP contribution in [0.15, 0.2) is 0 Å². The summed E-state index contributed by atoms with van der Waals surface area (Å²) < 4.78 is 4.97. The van der Waals surface area contributed by atoms with Crippen LogP contribution in [0.4, 0.5) is 0 Å². The van der Waals surface area contributed by atoms with E-state index >= 15 is 0 Å². The van der Waals surface area contributed by atoms with E-state index in [0.717, 1.165) is 13.0 Å². The van der Waals surface area contributed by atoms with E-state index in [1.54, 1.807) is 6.92 Å². The number of hydrogen-bond donors (Lipinski definition) is 1. The molecule has 0 aromatic heterocycles. The first-order valence-electron chi connectivity index (χ1n) is 6.74. The summed E-state index contributed by atoms with van der Waals surface area (Å²) in [5.74, 6) is -0.279. The summed E-state index contributed by atoms with van der Waals surface area (Å²) in [6.45, 7) is 7.41. The minimum absolute atomic E-state index is 0.279. The third kappa shape index (κ3) is 5.04. The van der Waals surface area contributed by atoms with Crippen LogP contribution in [0.1, 0.15) is 46.0 Å². The van der Waals surface area contributed by atoms with Crippen molar-refractivity contribution in [3.05, 3.63) is 0 Å². The first kappa shape index (κ1) is 14.5. The number of nitrogens with zero attached hydrogens (tertiary/aromatic N) is 1. The topological polar surface area (TPSA) is 55.6 Å². The molecule has 1 aliphatic rings. The van der Waals surface area contributed by atoms with Crippen LogP contribution in [-0.2, 0) is 9.53 Å². The van der Waals surface area contributed by atoms with Gasteiger partial charge in [-0.15, -0.1) is 0 Å². The number of piperidine rings is 1. The Kier molecular flexibility index (Phi) is 5.92. The third-order valence-corrected chi connectivity index (χ3v) is 3.36. The Hall–Kier alpha value is -0.610. The van der Waals surface area contributed by atoms with Crippen molar-refractivity contribution in [3.63, 3.8) is 0 Å². The lowest BCUT2D eigenvalue weighted by atomic mass is 9.97. The summed E-state index contributed by atoms with van der Waals surface area (Å²) in [6, 6.07) is 0. The molecule has 0 bridgehead atoms. The van der Waals surface area contributed by atoms with Crippen molar-refractivity contribution >= 4 is 5.97 Å². The van der Waals surface area contributed by atoms with Crippen molar-refractivity contribution in [2.45, 2.75) is 51.5 Å². The number of esters is 1. The number of hydrogen-bond acceptors (Lipinski definition) is 4. The second-order valence-corrected chi connectivity index (χ2v) is 5.14. The van der Waals surface area contributed by atoms with E-state index in [1.807, 2.05) is 6.92 Å². The largest absolute Gasteiger partial charge is 0.465 e. The Morgan fingerprint density at radius 1 is 1.35 bits per heavy atom. The van der Waals surface area contributed by atoms with E-state index in [2.05, 4.69) is 4.90 Å². The molecule has 0 aromatic carbocycles. The van der Waals surface area contributed by atoms with Crippen LogP contribution in [0.3, 0.4) is 0 Å². The Morgan fingerprint density at radius 3 is 2.59 bits per heavy atom. The molecule has 1 unspecified atom stereocenters. The summed E-state index contributed by atoms with van der Waals surface area (Å²) in [4.78, 5) is 14.0. The van der Waals surface area contributed by atoms with Gasteiger partial charge in [0.15, 0.2) is 0 Å². The van der Waals surface area contributed by atoms with Crippen molar-refractivity contribution in [2.24, 2.45) is 5.73 Å². The quantitative estimate of drug-likeness (QED) is 0.718. The molecule has 4 heteroatoms. The molecule has 0 aliphatic carbocycles. The van der Waals surface area contributed by atoms with Gasteiger partial charge < -0.3 is 15.4 Å². The zero-order valence-corrected chi connectivity index (χ0v) is 11.2. The van der Waals surface area contributed by atoms with Gasteiger partial charge in [0.25, 0.3) is 0 Å². The van der Waals surface area contributed by atoms with Gasteiger partial charge in [0.1, 0.15) is 5.54 Å². The lowest BCUT2D eigenvalue weighted by molar-refractivity contribution is -0.149. The van der Waals surface area contributed by atoms with Crippen LogP contribution >= 0.6 is 0 Å². The van der Waals surface area contributed by atoms with E-state index in [0.29, 0.717) is 13.0 Å². The Bertz CT molecular complexity index is 236. The van der Waals surface area contributed by atoms with Crippen molar-refractivity contribution in [1.82, 2.24) is 4.90 Å². The smallest absolute Gasteiger partial charge is 0.325 e. The maximum atomic E-state index is 11.6. The summed E-state index contributed by atoms with van der Waals surface area (Å²) in [5, 5.41) is 0. The Morgan fingerprint density at radius 2 is 2.00 bits per heavy atom. The molecule has 1 fully saturated rings. The van der Waals surface area contributed by atoms with Gasteiger partial charge in [0.05, 0.1) is 6.61 Å². The van der Waals surface area contributed by atoms with Gasteiger partial charge in [-0.05, 0) is 59.2 Å². The number of carbonyl (C=O) groups excluding carboxylic acids is 1. The molecular formula is C13H26N2O2. The van der Waals surface area contributed by atoms with E-state index in [9.17, 15) is 4.79 Å². The zero-order valence-electron chi connectivity index (χ0n) is 11.2. The van der Waals surface area contributed by atoms with Gasteiger partial charge in [-0.2, -0.15) is 0 Å². The Balaban J connectivity index is 2.21. The first-order chi connectivity index (χ1) is 8.06. The van der Waals surface area contributed by atoms with Crippen molar-refractivity contribution in [3.8, 4) is 0 Å². The highest BCUT2D eigenvalue weighted by atomic mass is 16.5. The molecule has 0 spiro atoms. The molecule has 1 heterocycles. The minimum atomic E-state index is -0.828. The fourth-order valence-electron chi connectivity index (χ4n) is 2.25. The fraction of sp³-hybridized carbons (Fsp3) is 0.923. The van der Waals surface area contributed by atoms with Crippen LogP contribution in [0.5, 0.6) is 0 Å². The molecule has 17 heavy (non-hydrogen) atoms. The number of ether oxygens (including phenoxy) is 1. The average Bonchev–Trinajstić information content (AvgIpc) is 2.30. The van der Waals surface area contributed by atoms with Gasteiger partial charge in [-0.1, -0.05) is 6.42 Å². The third-order valence-electron chi connectivity index (χ3n) is 3.36. The summed E-state index contributed by atoms with van der Waals surface area (Å²) in [7, 11) is 0. The molecule has 4 nitrogen and oxygen atoms in total. The average molecular weight is 242 g/mol. The van der Waals surface area contributed by atoms with E-state index < -0.39 is 5.54 Å². The predicted molar refractivity (Wildman–Crippen MR) is 68.8 cm³/mol. The Labute approximate surface area is 104 Å². The van der Waals surface area contributed by atoms with Gasteiger partial charge in [-0.3, -0.25) is 4.79 Å². The molecule has 2 N–H and O–H groups in total. The summed E-state index contributed by atoms with van der Waals surface area (Å²) in [5.41, 5.74) is 5.14. The zero-order chi connectivity index (χ0) is 12.7. The second kappa shape index (κ2) is 6.97. The highest BCUT2D eigenvalue weighted by molar-refractivity contribution is 5.79. The first-order valence-corrected chi connectivity index (χ1v) is 6.74. The standard InChI is InChI=1S/C13H26N2O2/c1-3-17-12(16)13(2,14)8-7-11-15-9-5-4-6-10-15/h3-11,14H2,1-2H3. The molecule has 1 aliphatic heterocycles. The lowest BCUT2D eigenvalue weighted by Gasteiger charge is -2.28. The van der Waals surface area contributed by atoms with Crippen LogP contribution in [0.25, 0.3) is 0 Å². The molecule has 0 radical (unpaired) electrons. The van der Waals surface area contributed by atoms with Crippen molar-refractivity contribution in [1.29, 1.82) is 0 Å². The summed E-state index contributed by atoms with van der Waals surface area (Å²) in [6.07, 6.45) is 5.62. The van der Waals surface area contributed by atoms with E-state index in [-0.39, 0.29) is 5.97 Å². The van der Waals surface area contributed by atoms with E-state index in [1.165, 1.54) is 32.4 Å². The van der Waals surface area contributed by atoms with Crippen molar-refractivity contribution in [2.75, 3.05) is 26.2 Å². The molecule has 1 atom stereocenters. The normalized spacial score (nSPS) is 20.9. The maximum Gasteiger partial charge on any atom is 0.325 e. The van der Waals surface area contributed by atoms with Crippen LogP contribution in [0.2, 0.25) is 0 Å². The number of rotatable bonds is 6. The number of nitrogens with two attached hydrogens (primary N) is 1. The molecule has 0 saturated carbocycles. The van der Waals surface area contributed by atoms with Gasteiger partial charge >= 0.3 is 5.97 Å². The molecule has 0 amide bonds. The van der Waals surface area contributed by atoms with Crippen molar-refractivity contribution < 1.29 is 9.53 Å². The number of carbonyl (C=O) groups is 1. The SMILES string of the molecule is CCOC(=O)C(C)(N)CCCN1CCCCC1. The highest BCUT2D eigenvalue weighted by Crippen LogP contribution is 2.14. The predicted octanol–water partition coefficient (Wildman–Crippen LogP) is 1.53. The maximum absolute atomic E-state index is 11.6. The lowest BCUT2D eigenvalue weighted by Crippen LogP contribution is -2.46. The van der Waals surface area contributed by atoms with Crippen LogP contribution in [-0.4, -0.2) is 42.6 Å². The fourth-order valence-corrected chi connectivity index (χ4v) is 2.25. The number of likely N-dealkylation sites (tertiary alicyclic amines) is 1.